The maximum Gasteiger partial charge on any atom is 0.269 e. The molecule has 2 rings (SSSR count). The maximum absolute atomic E-state index is 12.2. The van der Waals surface area contributed by atoms with Gasteiger partial charge in [0, 0.05) is 17.5 Å². The molecule has 8 nitrogen and oxygen atoms in total. The molecular weight excluding hydrogens is 336 g/mol. The summed E-state index contributed by atoms with van der Waals surface area (Å²) in [5.41, 5.74) is 6.38. The number of ether oxygens (including phenoxy) is 2. The van der Waals surface area contributed by atoms with Gasteiger partial charge in [-0.05, 0) is 30.3 Å². The molecule has 0 aliphatic heterocycles. The third-order valence-corrected chi connectivity index (χ3v) is 3.32. The Bertz CT molecular complexity index is 793. The first-order valence-electron chi connectivity index (χ1n) is 7.69. The number of hydrogen-bond acceptors (Lipinski definition) is 6. The van der Waals surface area contributed by atoms with Gasteiger partial charge < -0.3 is 20.2 Å². The normalized spacial score (nSPS) is 9.77. The van der Waals surface area contributed by atoms with Crippen molar-refractivity contribution in [3.63, 3.8) is 0 Å². The molecule has 1 heterocycles. The number of carbonyl (C=O) groups is 2. The fourth-order valence-corrected chi connectivity index (χ4v) is 2.07. The van der Waals surface area contributed by atoms with Crippen molar-refractivity contribution in [3.05, 3.63) is 60.6 Å². The van der Waals surface area contributed by atoms with E-state index in [1.54, 1.807) is 36.5 Å². The van der Waals surface area contributed by atoms with E-state index in [1.807, 2.05) is 0 Å². The second kappa shape index (κ2) is 9.07. The van der Waals surface area contributed by atoms with Gasteiger partial charge in [0.05, 0.1) is 32.5 Å². The molecule has 0 radical (unpaired) electrons. The third kappa shape index (κ3) is 5.23. The summed E-state index contributed by atoms with van der Waals surface area (Å²) >= 11 is 0. The Morgan fingerprint density at radius 3 is 2.54 bits per heavy atom. The summed E-state index contributed by atoms with van der Waals surface area (Å²) in [4.78, 5) is 28.0. The number of hydrazine groups is 1. The molecule has 0 unspecified atom stereocenters. The van der Waals surface area contributed by atoms with Crippen molar-refractivity contribution in [1.29, 1.82) is 0 Å². The number of hydrogen-bond donors (Lipinski definition) is 3. The molecule has 0 fully saturated rings. The molecule has 0 saturated carbocycles. The van der Waals surface area contributed by atoms with Crippen LogP contribution in [0.15, 0.2) is 55.0 Å². The fraction of sp³-hybridized carbons (Fsp3) is 0.167. The summed E-state index contributed by atoms with van der Waals surface area (Å²) in [5, 5.41) is 2.67. The highest BCUT2D eigenvalue weighted by molar-refractivity contribution is 5.95. The van der Waals surface area contributed by atoms with Crippen LogP contribution in [0.25, 0.3) is 0 Å². The van der Waals surface area contributed by atoms with Crippen LogP contribution in [0, 0.1) is 0 Å². The number of methoxy groups -OCH3 is 2. The SMILES string of the molecule is C=C(CC(=O)Nc1cccnc1)NNC(=O)c1ccc(OC)c(OC)c1. The largest absolute Gasteiger partial charge is 0.493 e. The lowest BCUT2D eigenvalue weighted by Gasteiger charge is -2.13. The minimum absolute atomic E-state index is 0.0128. The Morgan fingerprint density at radius 2 is 1.88 bits per heavy atom. The van der Waals surface area contributed by atoms with Crippen molar-refractivity contribution >= 4 is 17.5 Å². The van der Waals surface area contributed by atoms with Crippen LogP contribution in [0.2, 0.25) is 0 Å². The zero-order chi connectivity index (χ0) is 18.9. The minimum atomic E-state index is -0.403. The molecule has 2 aromatic rings. The van der Waals surface area contributed by atoms with Crippen molar-refractivity contribution < 1.29 is 19.1 Å². The van der Waals surface area contributed by atoms with E-state index >= 15 is 0 Å². The Morgan fingerprint density at radius 1 is 1.12 bits per heavy atom. The lowest BCUT2D eigenvalue weighted by molar-refractivity contribution is -0.115. The quantitative estimate of drug-likeness (QED) is 0.624. The standard InChI is InChI=1S/C18H20N4O4/c1-12(9-17(23)20-14-5-4-8-19-11-14)21-22-18(24)13-6-7-15(25-2)16(10-13)26-3/h4-8,10-11,21H,1,9H2,2-3H3,(H,20,23)(H,22,24). The number of rotatable bonds is 8. The summed E-state index contributed by atoms with van der Waals surface area (Å²) in [7, 11) is 3.00. The maximum atomic E-state index is 12.2. The summed E-state index contributed by atoms with van der Waals surface area (Å²) in [6.07, 6.45) is 3.13. The number of carbonyl (C=O) groups excluding carboxylic acids is 2. The molecule has 0 aliphatic carbocycles. The predicted molar refractivity (Wildman–Crippen MR) is 96.8 cm³/mol. The Kier molecular flexibility index (Phi) is 6.55. The van der Waals surface area contributed by atoms with Crippen molar-refractivity contribution in [2.75, 3.05) is 19.5 Å². The summed E-state index contributed by atoms with van der Waals surface area (Å²) in [6.45, 7) is 3.72. The summed E-state index contributed by atoms with van der Waals surface area (Å²) in [5.74, 6) is 0.277. The first-order valence-corrected chi connectivity index (χ1v) is 7.69. The number of nitrogens with zero attached hydrogens (tertiary/aromatic N) is 1. The molecule has 1 aromatic heterocycles. The average Bonchev–Trinajstić information content (AvgIpc) is 2.66. The van der Waals surface area contributed by atoms with Crippen molar-refractivity contribution in [2.45, 2.75) is 6.42 Å². The van der Waals surface area contributed by atoms with E-state index in [4.69, 9.17) is 9.47 Å². The third-order valence-electron chi connectivity index (χ3n) is 3.32. The minimum Gasteiger partial charge on any atom is -0.493 e. The molecule has 26 heavy (non-hydrogen) atoms. The van der Waals surface area contributed by atoms with Gasteiger partial charge in [-0.1, -0.05) is 6.58 Å². The molecule has 136 valence electrons. The second-order valence-corrected chi connectivity index (χ2v) is 5.22. The zero-order valence-corrected chi connectivity index (χ0v) is 14.5. The van der Waals surface area contributed by atoms with E-state index in [0.717, 1.165) is 0 Å². The topological polar surface area (TPSA) is 102 Å². The Hall–Kier alpha value is -3.55. The van der Waals surface area contributed by atoms with Crippen molar-refractivity contribution in [3.8, 4) is 11.5 Å². The van der Waals surface area contributed by atoms with Crippen LogP contribution >= 0.6 is 0 Å². The number of pyridine rings is 1. The predicted octanol–water partition coefficient (Wildman–Crippen LogP) is 1.88. The molecule has 1 aromatic carbocycles. The second-order valence-electron chi connectivity index (χ2n) is 5.22. The average molecular weight is 356 g/mol. The van der Waals surface area contributed by atoms with Crippen LogP contribution in [0.4, 0.5) is 5.69 Å². The number of amides is 2. The van der Waals surface area contributed by atoms with Crippen molar-refractivity contribution in [2.24, 2.45) is 0 Å². The molecule has 0 spiro atoms. The number of benzene rings is 1. The van der Waals surface area contributed by atoms with Gasteiger partial charge in [0.2, 0.25) is 5.91 Å². The van der Waals surface area contributed by atoms with E-state index in [9.17, 15) is 9.59 Å². The highest BCUT2D eigenvalue weighted by Crippen LogP contribution is 2.27. The van der Waals surface area contributed by atoms with Crippen LogP contribution in [-0.2, 0) is 4.79 Å². The van der Waals surface area contributed by atoms with E-state index in [2.05, 4.69) is 27.7 Å². The molecule has 0 atom stereocenters. The fourth-order valence-electron chi connectivity index (χ4n) is 2.07. The van der Waals surface area contributed by atoms with Crippen LogP contribution in [0.3, 0.4) is 0 Å². The molecule has 0 saturated heterocycles. The monoisotopic (exact) mass is 356 g/mol. The molecule has 3 N–H and O–H groups in total. The van der Waals surface area contributed by atoms with Gasteiger partial charge in [-0.3, -0.25) is 20.0 Å². The first-order chi connectivity index (χ1) is 12.5. The molecule has 0 bridgehead atoms. The molecular formula is C18H20N4O4. The summed E-state index contributed by atoms with van der Waals surface area (Å²) in [6, 6.07) is 8.21. The highest BCUT2D eigenvalue weighted by Gasteiger charge is 2.11. The lowest BCUT2D eigenvalue weighted by Crippen LogP contribution is -2.37. The van der Waals surface area contributed by atoms with E-state index in [0.29, 0.717) is 28.4 Å². The van der Waals surface area contributed by atoms with Crippen LogP contribution in [0.5, 0.6) is 11.5 Å². The Balaban J connectivity index is 1.85. The van der Waals surface area contributed by atoms with E-state index in [-0.39, 0.29) is 12.3 Å². The van der Waals surface area contributed by atoms with Gasteiger partial charge in [-0.15, -0.1) is 0 Å². The van der Waals surface area contributed by atoms with E-state index < -0.39 is 5.91 Å². The number of nitrogens with one attached hydrogen (secondary N) is 3. The van der Waals surface area contributed by atoms with E-state index in [1.165, 1.54) is 20.4 Å². The van der Waals surface area contributed by atoms with Crippen LogP contribution in [0.1, 0.15) is 16.8 Å². The zero-order valence-electron chi connectivity index (χ0n) is 14.5. The Labute approximate surface area is 151 Å². The molecule has 0 aliphatic rings. The van der Waals surface area contributed by atoms with Crippen LogP contribution in [-0.4, -0.2) is 31.0 Å². The van der Waals surface area contributed by atoms with Gasteiger partial charge in [0.1, 0.15) is 0 Å². The number of anilines is 1. The van der Waals surface area contributed by atoms with Gasteiger partial charge in [-0.2, -0.15) is 0 Å². The lowest BCUT2D eigenvalue weighted by atomic mass is 10.2. The van der Waals surface area contributed by atoms with Gasteiger partial charge in [-0.25, -0.2) is 0 Å². The van der Waals surface area contributed by atoms with Gasteiger partial charge >= 0.3 is 0 Å². The number of aromatic nitrogens is 1. The molecule has 8 heteroatoms. The highest BCUT2D eigenvalue weighted by atomic mass is 16.5. The van der Waals surface area contributed by atoms with Gasteiger partial charge in [0.15, 0.2) is 11.5 Å². The summed E-state index contributed by atoms with van der Waals surface area (Å²) < 4.78 is 10.3. The smallest absolute Gasteiger partial charge is 0.269 e. The first kappa shape index (κ1) is 18.8. The van der Waals surface area contributed by atoms with Gasteiger partial charge in [0.25, 0.3) is 5.91 Å². The molecule has 2 amide bonds. The van der Waals surface area contributed by atoms with Crippen molar-refractivity contribution in [1.82, 2.24) is 15.8 Å². The van der Waals surface area contributed by atoms with Crippen LogP contribution < -0.4 is 25.6 Å².